The van der Waals surface area contributed by atoms with Crippen LogP contribution in [0.5, 0.6) is 5.75 Å². The van der Waals surface area contributed by atoms with Gasteiger partial charge in [-0.2, -0.15) is 0 Å². The van der Waals surface area contributed by atoms with E-state index in [0.29, 0.717) is 21.4 Å². The number of benzene rings is 1. The number of ether oxygens (including phenoxy) is 1. The highest BCUT2D eigenvalue weighted by Crippen LogP contribution is 2.33. The Balaban J connectivity index is 3.27. The molecular formula is C11H12Cl2O2. The van der Waals surface area contributed by atoms with E-state index in [1.807, 2.05) is 13.8 Å². The molecule has 15 heavy (non-hydrogen) atoms. The van der Waals surface area contributed by atoms with E-state index in [0.717, 1.165) is 0 Å². The van der Waals surface area contributed by atoms with E-state index in [-0.39, 0.29) is 11.9 Å². The normalized spacial score (nSPS) is 10.5. The van der Waals surface area contributed by atoms with Crippen molar-refractivity contribution >= 4 is 29.0 Å². The molecule has 0 spiro atoms. The lowest BCUT2D eigenvalue weighted by molar-refractivity contribution is 0.101. The Kier molecular flexibility index (Phi) is 4.00. The first-order chi connectivity index (χ1) is 6.91. The molecule has 1 aromatic rings. The smallest absolute Gasteiger partial charge is 0.163 e. The van der Waals surface area contributed by atoms with Gasteiger partial charge >= 0.3 is 0 Å². The third kappa shape index (κ3) is 3.11. The van der Waals surface area contributed by atoms with Gasteiger partial charge in [-0.1, -0.05) is 23.2 Å². The highest BCUT2D eigenvalue weighted by molar-refractivity contribution is 6.36. The second-order valence-electron chi connectivity index (χ2n) is 3.49. The van der Waals surface area contributed by atoms with Gasteiger partial charge in [0.15, 0.2) is 5.78 Å². The zero-order chi connectivity index (χ0) is 11.6. The molecule has 0 amide bonds. The lowest BCUT2D eigenvalue weighted by Gasteiger charge is -2.14. The molecule has 0 radical (unpaired) electrons. The van der Waals surface area contributed by atoms with Gasteiger partial charge in [-0.05, 0) is 32.9 Å². The molecule has 1 aromatic carbocycles. The molecule has 4 heteroatoms. The first-order valence-electron chi connectivity index (χ1n) is 4.58. The molecule has 0 aliphatic rings. The number of Topliss-reactive ketones (excluding diaryl/α,β-unsaturated/α-hetero) is 1. The number of hydrogen-bond donors (Lipinski definition) is 0. The maximum atomic E-state index is 11.4. The van der Waals surface area contributed by atoms with Crippen LogP contribution in [0.15, 0.2) is 12.1 Å². The minimum Gasteiger partial charge on any atom is -0.489 e. The number of carbonyl (C=O) groups is 1. The summed E-state index contributed by atoms with van der Waals surface area (Å²) >= 11 is 11.8. The number of halogens is 2. The van der Waals surface area contributed by atoms with Gasteiger partial charge in [0.2, 0.25) is 0 Å². The molecule has 0 aliphatic heterocycles. The zero-order valence-electron chi connectivity index (χ0n) is 8.80. The van der Waals surface area contributed by atoms with Gasteiger partial charge in [0.1, 0.15) is 5.75 Å². The van der Waals surface area contributed by atoms with Crippen LogP contribution in [0.1, 0.15) is 31.1 Å². The van der Waals surface area contributed by atoms with Crippen LogP contribution in [-0.4, -0.2) is 11.9 Å². The first-order valence-corrected chi connectivity index (χ1v) is 5.34. The third-order valence-corrected chi connectivity index (χ3v) is 2.24. The van der Waals surface area contributed by atoms with E-state index in [9.17, 15) is 4.79 Å². The second-order valence-corrected chi connectivity index (χ2v) is 4.33. The molecule has 0 unspecified atom stereocenters. The molecule has 0 bridgehead atoms. The van der Waals surface area contributed by atoms with E-state index in [4.69, 9.17) is 27.9 Å². The largest absolute Gasteiger partial charge is 0.489 e. The molecule has 0 N–H and O–H groups in total. The van der Waals surface area contributed by atoms with Crippen molar-refractivity contribution in [2.24, 2.45) is 0 Å². The lowest BCUT2D eigenvalue weighted by Crippen LogP contribution is -2.09. The van der Waals surface area contributed by atoms with Gasteiger partial charge in [-0.25, -0.2) is 0 Å². The Morgan fingerprint density at radius 2 is 1.93 bits per heavy atom. The predicted molar refractivity (Wildman–Crippen MR) is 62.2 cm³/mol. The fourth-order valence-corrected chi connectivity index (χ4v) is 1.72. The molecule has 0 aliphatic carbocycles. The number of ketones is 1. The number of hydrogen-bond acceptors (Lipinski definition) is 2. The number of carbonyl (C=O) groups excluding carboxylic acids is 1. The summed E-state index contributed by atoms with van der Waals surface area (Å²) in [6.45, 7) is 5.19. The monoisotopic (exact) mass is 246 g/mol. The van der Waals surface area contributed by atoms with E-state index in [1.54, 1.807) is 12.1 Å². The lowest BCUT2D eigenvalue weighted by atomic mass is 10.1. The first kappa shape index (κ1) is 12.3. The van der Waals surface area contributed by atoms with Gasteiger partial charge < -0.3 is 4.74 Å². The zero-order valence-corrected chi connectivity index (χ0v) is 10.3. The van der Waals surface area contributed by atoms with Crippen LogP contribution >= 0.6 is 23.2 Å². The maximum absolute atomic E-state index is 11.4. The fourth-order valence-electron chi connectivity index (χ4n) is 1.18. The van der Waals surface area contributed by atoms with Crippen LogP contribution in [0.4, 0.5) is 0 Å². The average molecular weight is 247 g/mol. The molecule has 0 saturated carbocycles. The van der Waals surface area contributed by atoms with E-state index in [1.165, 1.54) is 6.92 Å². The van der Waals surface area contributed by atoms with Gasteiger partial charge in [-0.15, -0.1) is 0 Å². The highest BCUT2D eigenvalue weighted by Gasteiger charge is 2.15. The Morgan fingerprint density at radius 1 is 1.33 bits per heavy atom. The molecule has 0 fully saturated rings. The van der Waals surface area contributed by atoms with Crippen LogP contribution < -0.4 is 4.74 Å². The van der Waals surface area contributed by atoms with Crippen LogP contribution in [0, 0.1) is 0 Å². The quantitative estimate of drug-likeness (QED) is 0.755. The third-order valence-electron chi connectivity index (χ3n) is 1.74. The van der Waals surface area contributed by atoms with Crippen molar-refractivity contribution in [2.75, 3.05) is 0 Å². The van der Waals surface area contributed by atoms with E-state index >= 15 is 0 Å². The second kappa shape index (κ2) is 4.86. The van der Waals surface area contributed by atoms with Crippen LogP contribution in [0.3, 0.4) is 0 Å². The van der Waals surface area contributed by atoms with Gasteiger partial charge in [-0.3, -0.25) is 4.79 Å². The van der Waals surface area contributed by atoms with Gasteiger partial charge in [0.25, 0.3) is 0 Å². The van der Waals surface area contributed by atoms with Crippen molar-refractivity contribution in [3.8, 4) is 5.75 Å². The summed E-state index contributed by atoms with van der Waals surface area (Å²) in [4.78, 5) is 11.4. The maximum Gasteiger partial charge on any atom is 0.163 e. The summed E-state index contributed by atoms with van der Waals surface area (Å²) in [7, 11) is 0. The van der Waals surface area contributed by atoms with E-state index in [2.05, 4.69) is 0 Å². The standard InChI is InChI=1S/C11H12Cl2O2/c1-6(2)15-11-9(7(3)14)4-8(12)5-10(11)13/h4-6H,1-3H3. The van der Waals surface area contributed by atoms with Crippen molar-refractivity contribution < 1.29 is 9.53 Å². The molecular weight excluding hydrogens is 235 g/mol. The molecule has 0 saturated heterocycles. The summed E-state index contributed by atoms with van der Waals surface area (Å²) in [5.41, 5.74) is 0.418. The summed E-state index contributed by atoms with van der Waals surface area (Å²) in [5.74, 6) is 0.290. The summed E-state index contributed by atoms with van der Waals surface area (Å²) < 4.78 is 5.48. The number of rotatable bonds is 3. The van der Waals surface area contributed by atoms with Crippen LogP contribution in [-0.2, 0) is 0 Å². The van der Waals surface area contributed by atoms with Gasteiger partial charge in [0.05, 0.1) is 16.7 Å². The van der Waals surface area contributed by atoms with Crippen molar-refractivity contribution in [3.63, 3.8) is 0 Å². The van der Waals surface area contributed by atoms with Crippen molar-refractivity contribution in [1.29, 1.82) is 0 Å². The Morgan fingerprint density at radius 3 is 2.40 bits per heavy atom. The Bertz CT molecular complexity index is 386. The van der Waals surface area contributed by atoms with Crippen LogP contribution in [0.25, 0.3) is 0 Å². The summed E-state index contributed by atoms with van der Waals surface area (Å²) in [6, 6.07) is 3.13. The van der Waals surface area contributed by atoms with Crippen molar-refractivity contribution in [3.05, 3.63) is 27.7 Å². The van der Waals surface area contributed by atoms with E-state index < -0.39 is 0 Å². The molecule has 0 atom stereocenters. The minimum absolute atomic E-state index is 0.0400. The molecule has 2 nitrogen and oxygen atoms in total. The summed E-state index contributed by atoms with van der Waals surface area (Å²) in [5, 5.41) is 0.794. The van der Waals surface area contributed by atoms with Gasteiger partial charge in [0, 0.05) is 5.02 Å². The average Bonchev–Trinajstić information content (AvgIpc) is 2.08. The minimum atomic E-state index is -0.116. The molecule has 1 rings (SSSR count). The Labute approximate surface area is 99.1 Å². The summed E-state index contributed by atoms with van der Waals surface area (Å²) in [6.07, 6.45) is -0.0400. The van der Waals surface area contributed by atoms with Crippen molar-refractivity contribution in [2.45, 2.75) is 26.9 Å². The SMILES string of the molecule is CC(=O)c1cc(Cl)cc(Cl)c1OC(C)C. The fraction of sp³-hybridized carbons (Fsp3) is 0.364. The topological polar surface area (TPSA) is 26.3 Å². The highest BCUT2D eigenvalue weighted by atomic mass is 35.5. The predicted octanol–water partition coefficient (Wildman–Crippen LogP) is 3.98. The molecule has 82 valence electrons. The van der Waals surface area contributed by atoms with Crippen LogP contribution in [0.2, 0.25) is 10.0 Å². The van der Waals surface area contributed by atoms with Crippen molar-refractivity contribution in [1.82, 2.24) is 0 Å². The molecule has 0 aromatic heterocycles. The Hall–Kier alpha value is -0.730. The molecule has 0 heterocycles.